The molecule has 0 saturated heterocycles. The molecule has 1 N–H and O–H groups in total. The summed E-state index contributed by atoms with van der Waals surface area (Å²) in [6.45, 7) is 0. The molecule has 0 aliphatic heterocycles. The lowest BCUT2D eigenvalue weighted by atomic mass is 10.3. The van der Waals surface area contributed by atoms with Gasteiger partial charge in [-0.3, -0.25) is 10.1 Å². The van der Waals surface area contributed by atoms with E-state index in [4.69, 9.17) is 5.26 Å². The maximum atomic E-state index is 10.7. The maximum Gasteiger partial charge on any atom is 0.312 e. The predicted octanol–water partition coefficient (Wildman–Crippen LogP) is 1.44. The molecule has 1 aromatic rings. The van der Waals surface area contributed by atoms with Crippen LogP contribution in [-0.4, -0.2) is 15.9 Å². The monoisotopic (exact) mass is 204 g/mol. The van der Waals surface area contributed by atoms with Crippen LogP contribution < -0.4 is 5.32 Å². The number of aromatic nitrogens is 1. The normalized spacial score (nSPS) is 14.3. The summed E-state index contributed by atoms with van der Waals surface area (Å²) < 4.78 is 0. The molecule has 0 atom stereocenters. The van der Waals surface area contributed by atoms with Crippen molar-refractivity contribution >= 4 is 11.5 Å². The second-order valence-electron chi connectivity index (χ2n) is 3.38. The fourth-order valence-electron chi connectivity index (χ4n) is 1.19. The van der Waals surface area contributed by atoms with Crippen LogP contribution in [0.1, 0.15) is 18.4 Å². The van der Waals surface area contributed by atoms with Crippen molar-refractivity contribution in [1.82, 2.24) is 4.98 Å². The molecule has 1 aliphatic rings. The summed E-state index contributed by atoms with van der Waals surface area (Å²) in [6.07, 6.45) is 3.36. The van der Waals surface area contributed by atoms with E-state index in [1.807, 2.05) is 6.07 Å². The summed E-state index contributed by atoms with van der Waals surface area (Å²) in [5.74, 6) is 0.251. The van der Waals surface area contributed by atoms with Crippen molar-refractivity contribution in [2.75, 3.05) is 5.32 Å². The van der Waals surface area contributed by atoms with Crippen molar-refractivity contribution in [2.45, 2.75) is 18.9 Å². The summed E-state index contributed by atoms with van der Waals surface area (Å²) >= 11 is 0. The van der Waals surface area contributed by atoms with Crippen LogP contribution in [0.25, 0.3) is 0 Å². The fourth-order valence-corrected chi connectivity index (χ4v) is 1.19. The molecule has 0 aromatic carbocycles. The van der Waals surface area contributed by atoms with Crippen LogP contribution in [0.3, 0.4) is 0 Å². The van der Waals surface area contributed by atoms with Gasteiger partial charge < -0.3 is 5.32 Å². The first-order valence-corrected chi connectivity index (χ1v) is 4.52. The van der Waals surface area contributed by atoms with Crippen LogP contribution in [0.2, 0.25) is 0 Å². The smallest absolute Gasteiger partial charge is 0.312 e. The highest BCUT2D eigenvalue weighted by Crippen LogP contribution is 2.29. The maximum absolute atomic E-state index is 10.7. The topological polar surface area (TPSA) is 91.8 Å². The lowest BCUT2D eigenvalue weighted by Crippen LogP contribution is -2.06. The standard InChI is InChI=1S/C9H8N4O2/c10-4-6-3-8(13(14)15)9(11-5-6)12-7-1-2-7/h3,5,7H,1-2H2,(H,11,12). The van der Waals surface area contributed by atoms with Crippen LogP contribution in [0, 0.1) is 21.4 Å². The Balaban J connectivity index is 2.35. The van der Waals surface area contributed by atoms with Gasteiger partial charge in [-0.15, -0.1) is 0 Å². The van der Waals surface area contributed by atoms with Crippen molar-refractivity contribution in [3.63, 3.8) is 0 Å². The van der Waals surface area contributed by atoms with Crippen molar-refractivity contribution in [3.05, 3.63) is 27.9 Å². The van der Waals surface area contributed by atoms with E-state index in [9.17, 15) is 10.1 Å². The van der Waals surface area contributed by atoms with Crippen LogP contribution >= 0.6 is 0 Å². The first-order chi connectivity index (χ1) is 7.20. The second kappa shape index (κ2) is 3.53. The summed E-state index contributed by atoms with van der Waals surface area (Å²) in [5, 5.41) is 22.3. The van der Waals surface area contributed by atoms with E-state index in [1.165, 1.54) is 12.3 Å². The van der Waals surface area contributed by atoms with Gasteiger partial charge in [0.1, 0.15) is 6.07 Å². The molecule has 1 aliphatic carbocycles. The molecule has 0 amide bonds. The van der Waals surface area contributed by atoms with Crippen molar-refractivity contribution in [3.8, 4) is 6.07 Å². The predicted molar refractivity (Wildman–Crippen MR) is 52.3 cm³/mol. The Morgan fingerprint density at radius 2 is 2.40 bits per heavy atom. The number of pyridine rings is 1. The van der Waals surface area contributed by atoms with Crippen LogP contribution in [-0.2, 0) is 0 Å². The first kappa shape index (κ1) is 9.40. The van der Waals surface area contributed by atoms with E-state index in [1.54, 1.807) is 0 Å². The molecule has 1 heterocycles. The van der Waals surface area contributed by atoms with Gasteiger partial charge in [0.2, 0.25) is 5.82 Å². The number of nitrogens with zero attached hydrogens (tertiary/aromatic N) is 3. The molecule has 76 valence electrons. The third-order valence-electron chi connectivity index (χ3n) is 2.11. The molecule has 15 heavy (non-hydrogen) atoms. The van der Waals surface area contributed by atoms with E-state index in [0.717, 1.165) is 12.8 Å². The molecule has 2 rings (SSSR count). The third kappa shape index (κ3) is 2.02. The van der Waals surface area contributed by atoms with Gasteiger partial charge in [0.25, 0.3) is 0 Å². The number of hydrogen-bond donors (Lipinski definition) is 1. The minimum absolute atomic E-state index is 0.138. The summed E-state index contributed by atoms with van der Waals surface area (Å²) in [7, 11) is 0. The van der Waals surface area contributed by atoms with E-state index in [-0.39, 0.29) is 17.1 Å². The van der Waals surface area contributed by atoms with E-state index in [0.29, 0.717) is 6.04 Å². The van der Waals surface area contributed by atoms with Gasteiger partial charge in [0.15, 0.2) is 0 Å². The molecule has 1 fully saturated rings. The molecule has 0 radical (unpaired) electrons. The van der Waals surface area contributed by atoms with Gasteiger partial charge in [0.05, 0.1) is 10.5 Å². The number of nitriles is 1. The molecule has 0 unspecified atom stereocenters. The van der Waals surface area contributed by atoms with Crippen LogP contribution in [0.5, 0.6) is 0 Å². The largest absolute Gasteiger partial charge is 0.362 e. The van der Waals surface area contributed by atoms with Gasteiger partial charge in [0, 0.05) is 18.3 Å². The Labute approximate surface area is 85.7 Å². The van der Waals surface area contributed by atoms with E-state index >= 15 is 0 Å². The minimum atomic E-state index is -0.529. The zero-order valence-electron chi connectivity index (χ0n) is 7.80. The average molecular weight is 204 g/mol. The molecule has 1 aromatic heterocycles. The number of rotatable bonds is 3. The summed E-state index contributed by atoms with van der Waals surface area (Å²) in [5.41, 5.74) is 0.0593. The summed E-state index contributed by atoms with van der Waals surface area (Å²) in [6, 6.07) is 3.35. The number of hydrogen-bond acceptors (Lipinski definition) is 5. The van der Waals surface area contributed by atoms with Crippen LogP contribution in [0.4, 0.5) is 11.5 Å². The SMILES string of the molecule is N#Cc1cnc(NC2CC2)c([N+](=O)[O-])c1. The molecule has 0 bridgehead atoms. The van der Waals surface area contributed by atoms with Gasteiger partial charge >= 0.3 is 5.69 Å². The Morgan fingerprint density at radius 1 is 1.67 bits per heavy atom. The minimum Gasteiger partial charge on any atom is -0.362 e. The first-order valence-electron chi connectivity index (χ1n) is 4.52. The highest BCUT2D eigenvalue weighted by molar-refractivity contribution is 5.59. The van der Waals surface area contributed by atoms with E-state index < -0.39 is 4.92 Å². The van der Waals surface area contributed by atoms with Crippen LogP contribution in [0.15, 0.2) is 12.3 Å². The Morgan fingerprint density at radius 3 is 2.93 bits per heavy atom. The highest BCUT2D eigenvalue weighted by atomic mass is 16.6. The fraction of sp³-hybridized carbons (Fsp3) is 0.333. The molecular formula is C9H8N4O2. The second-order valence-corrected chi connectivity index (χ2v) is 3.38. The van der Waals surface area contributed by atoms with Crippen molar-refractivity contribution in [2.24, 2.45) is 0 Å². The van der Waals surface area contributed by atoms with Gasteiger partial charge in [-0.05, 0) is 12.8 Å². The van der Waals surface area contributed by atoms with E-state index in [2.05, 4.69) is 10.3 Å². The number of nitrogens with one attached hydrogen (secondary N) is 1. The highest BCUT2D eigenvalue weighted by Gasteiger charge is 2.25. The quantitative estimate of drug-likeness (QED) is 0.594. The third-order valence-corrected chi connectivity index (χ3v) is 2.11. The number of nitro groups is 1. The Bertz CT molecular complexity index is 448. The Hall–Kier alpha value is -2.16. The van der Waals surface area contributed by atoms with Crippen molar-refractivity contribution in [1.29, 1.82) is 5.26 Å². The van der Waals surface area contributed by atoms with Gasteiger partial charge in [-0.2, -0.15) is 5.26 Å². The molecular weight excluding hydrogens is 196 g/mol. The number of anilines is 1. The molecule has 1 saturated carbocycles. The van der Waals surface area contributed by atoms with Gasteiger partial charge in [-0.1, -0.05) is 0 Å². The summed E-state index contributed by atoms with van der Waals surface area (Å²) in [4.78, 5) is 14.1. The van der Waals surface area contributed by atoms with Gasteiger partial charge in [-0.25, -0.2) is 4.98 Å². The average Bonchev–Trinajstić information content (AvgIpc) is 3.02. The lowest BCUT2D eigenvalue weighted by molar-refractivity contribution is -0.384. The van der Waals surface area contributed by atoms with Crippen molar-refractivity contribution < 1.29 is 4.92 Å². The zero-order valence-corrected chi connectivity index (χ0v) is 7.80. The Kier molecular flexibility index (Phi) is 2.21. The molecule has 6 heteroatoms. The molecule has 6 nitrogen and oxygen atoms in total. The zero-order chi connectivity index (χ0) is 10.8. The lowest BCUT2D eigenvalue weighted by Gasteiger charge is -2.03. The molecule has 0 spiro atoms.